The van der Waals surface area contributed by atoms with E-state index < -0.39 is 5.97 Å². The molecule has 1 aliphatic heterocycles. The van der Waals surface area contributed by atoms with E-state index >= 15 is 0 Å². The summed E-state index contributed by atoms with van der Waals surface area (Å²) in [7, 11) is 0. The van der Waals surface area contributed by atoms with Crippen molar-refractivity contribution in [1.82, 2.24) is 14.7 Å². The van der Waals surface area contributed by atoms with Crippen LogP contribution in [-0.2, 0) is 13.0 Å². The number of aromatic carboxylic acids is 1. The zero-order valence-electron chi connectivity index (χ0n) is 16.1. The van der Waals surface area contributed by atoms with Crippen LogP contribution in [0.5, 0.6) is 0 Å². The van der Waals surface area contributed by atoms with E-state index in [0.717, 1.165) is 68.3 Å². The lowest BCUT2D eigenvalue weighted by atomic mass is 10.1. The topological polar surface area (TPSA) is 61.6 Å². The zero-order chi connectivity index (χ0) is 19.4. The Bertz CT molecular complexity index is 933. The molecule has 1 N–H and O–H groups in total. The number of piperazine rings is 1. The number of carboxylic acid groups (broad SMARTS) is 1. The minimum atomic E-state index is -0.881. The summed E-state index contributed by atoms with van der Waals surface area (Å²) in [5, 5.41) is 14.8. The number of aromatic nitrogens is 2. The molecule has 28 heavy (non-hydrogen) atoms. The van der Waals surface area contributed by atoms with E-state index in [1.807, 2.05) is 16.8 Å². The monoisotopic (exact) mass is 400 g/mol. The molecule has 0 radical (unpaired) electrons. The summed E-state index contributed by atoms with van der Waals surface area (Å²) in [5.41, 5.74) is 4.86. The Labute approximate surface area is 169 Å². The van der Waals surface area contributed by atoms with Crippen LogP contribution in [0.2, 0.25) is 5.02 Å². The highest BCUT2D eigenvalue weighted by atomic mass is 35.5. The Morgan fingerprint density at radius 1 is 1.25 bits per heavy atom. The summed E-state index contributed by atoms with van der Waals surface area (Å²) < 4.78 is 1.97. The number of fused-ring (bicyclic) bond motifs is 3. The lowest BCUT2D eigenvalue weighted by Gasteiger charge is -2.37. The normalized spacial score (nSPS) is 23.6. The number of carbonyl (C=O) groups is 1. The van der Waals surface area contributed by atoms with E-state index in [-0.39, 0.29) is 0 Å². The van der Waals surface area contributed by atoms with Crippen molar-refractivity contribution in [2.75, 3.05) is 37.6 Å². The molecular formula is C21H25ClN4O2. The summed E-state index contributed by atoms with van der Waals surface area (Å²) in [6.45, 7) is 7.69. The van der Waals surface area contributed by atoms with E-state index in [4.69, 9.17) is 11.6 Å². The number of anilines is 1. The number of hydrogen-bond acceptors (Lipinski definition) is 4. The van der Waals surface area contributed by atoms with Gasteiger partial charge < -0.3 is 10.0 Å². The third-order valence-electron chi connectivity index (χ3n) is 6.63. The summed E-state index contributed by atoms with van der Waals surface area (Å²) in [6.07, 6.45) is 2.14. The van der Waals surface area contributed by atoms with Crippen LogP contribution in [0.3, 0.4) is 0 Å². The predicted molar refractivity (Wildman–Crippen MR) is 109 cm³/mol. The molecule has 3 aliphatic rings. The van der Waals surface area contributed by atoms with Gasteiger partial charge in [0.15, 0.2) is 5.69 Å². The molecule has 1 saturated carbocycles. The van der Waals surface area contributed by atoms with E-state index in [2.05, 4.69) is 27.9 Å². The Kier molecular flexibility index (Phi) is 4.36. The average molecular weight is 401 g/mol. The van der Waals surface area contributed by atoms with Gasteiger partial charge in [-0.15, -0.1) is 0 Å². The van der Waals surface area contributed by atoms with Crippen molar-refractivity contribution < 1.29 is 9.90 Å². The molecule has 0 bridgehead atoms. The van der Waals surface area contributed by atoms with Crippen LogP contribution < -0.4 is 4.90 Å². The standard InChI is InChI=1S/C21H25ClN4O2/c1-13-16(22)3-2-4-17(13)25-8-5-24(6-9-25)7-10-26-18-12-14-11-15(14)19(18)20(23-26)21(27)28/h2-4,14-15H,5-12H2,1H3,(H,27,28). The number of hydrogen-bond donors (Lipinski definition) is 1. The van der Waals surface area contributed by atoms with Crippen molar-refractivity contribution in [3.8, 4) is 0 Å². The second kappa shape index (κ2) is 6.78. The molecular weight excluding hydrogens is 376 g/mol. The van der Waals surface area contributed by atoms with Gasteiger partial charge in [0, 0.05) is 54.7 Å². The first-order valence-electron chi connectivity index (χ1n) is 10.1. The van der Waals surface area contributed by atoms with Gasteiger partial charge in [0.2, 0.25) is 0 Å². The number of benzene rings is 1. The molecule has 1 aromatic heterocycles. The van der Waals surface area contributed by atoms with Gasteiger partial charge in [-0.05, 0) is 49.3 Å². The number of carboxylic acids is 1. The molecule has 1 saturated heterocycles. The highest BCUT2D eigenvalue weighted by molar-refractivity contribution is 6.31. The molecule has 2 fully saturated rings. The molecule has 2 heterocycles. The predicted octanol–water partition coefficient (Wildman–Crippen LogP) is 3.02. The van der Waals surface area contributed by atoms with Crippen molar-refractivity contribution in [2.24, 2.45) is 5.92 Å². The maximum absolute atomic E-state index is 11.6. The van der Waals surface area contributed by atoms with Gasteiger partial charge in [-0.25, -0.2) is 4.79 Å². The van der Waals surface area contributed by atoms with Crippen LogP contribution in [0.1, 0.15) is 39.6 Å². The first kappa shape index (κ1) is 18.0. The second-order valence-electron chi connectivity index (χ2n) is 8.26. The van der Waals surface area contributed by atoms with E-state index in [9.17, 15) is 9.90 Å². The molecule has 5 rings (SSSR count). The fraction of sp³-hybridized carbons (Fsp3) is 0.524. The third kappa shape index (κ3) is 2.99. The molecule has 2 aromatic rings. The average Bonchev–Trinajstić information content (AvgIpc) is 3.20. The number of halogens is 1. The first-order valence-corrected chi connectivity index (χ1v) is 10.5. The van der Waals surface area contributed by atoms with Crippen molar-refractivity contribution in [3.63, 3.8) is 0 Å². The fourth-order valence-electron chi connectivity index (χ4n) is 4.92. The summed E-state index contributed by atoms with van der Waals surface area (Å²) in [5.74, 6) is 0.245. The molecule has 148 valence electrons. The summed E-state index contributed by atoms with van der Waals surface area (Å²) >= 11 is 6.27. The van der Waals surface area contributed by atoms with Crippen molar-refractivity contribution in [3.05, 3.63) is 45.7 Å². The van der Waals surface area contributed by atoms with Crippen LogP contribution in [0.15, 0.2) is 18.2 Å². The van der Waals surface area contributed by atoms with Gasteiger partial charge in [0.1, 0.15) is 0 Å². The molecule has 2 atom stereocenters. The van der Waals surface area contributed by atoms with Crippen molar-refractivity contribution in [2.45, 2.75) is 32.2 Å². The highest BCUT2D eigenvalue weighted by Crippen LogP contribution is 2.57. The molecule has 0 spiro atoms. The summed E-state index contributed by atoms with van der Waals surface area (Å²) in [4.78, 5) is 16.4. The Morgan fingerprint density at radius 3 is 2.79 bits per heavy atom. The van der Waals surface area contributed by atoms with Gasteiger partial charge in [0.25, 0.3) is 0 Å². The van der Waals surface area contributed by atoms with E-state index in [1.54, 1.807) is 0 Å². The lowest BCUT2D eigenvalue weighted by molar-refractivity contribution is 0.0688. The molecule has 2 aliphatic carbocycles. The van der Waals surface area contributed by atoms with E-state index in [0.29, 0.717) is 17.5 Å². The minimum Gasteiger partial charge on any atom is -0.476 e. The number of rotatable bonds is 5. The lowest BCUT2D eigenvalue weighted by Crippen LogP contribution is -2.47. The largest absolute Gasteiger partial charge is 0.476 e. The fourth-order valence-corrected chi connectivity index (χ4v) is 5.09. The van der Waals surface area contributed by atoms with Crippen LogP contribution >= 0.6 is 11.6 Å². The van der Waals surface area contributed by atoms with Gasteiger partial charge in [-0.2, -0.15) is 5.10 Å². The Hall–Kier alpha value is -2.05. The van der Waals surface area contributed by atoms with Gasteiger partial charge >= 0.3 is 5.97 Å². The molecule has 0 amide bonds. The SMILES string of the molecule is Cc1c(Cl)cccc1N1CCN(CCn2nc(C(=O)O)c3c2CC2CC32)CC1. The van der Waals surface area contributed by atoms with E-state index in [1.165, 1.54) is 11.4 Å². The summed E-state index contributed by atoms with van der Waals surface area (Å²) in [6, 6.07) is 6.09. The molecule has 6 nitrogen and oxygen atoms in total. The van der Waals surface area contributed by atoms with Crippen LogP contribution in [0.25, 0.3) is 0 Å². The van der Waals surface area contributed by atoms with Crippen molar-refractivity contribution >= 4 is 23.3 Å². The number of nitrogens with zero attached hydrogens (tertiary/aromatic N) is 4. The van der Waals surface area contributed by atoms with Gasteiger partial charge in [-0.3, -0.25) is 9.58 Å². The molecule has 7 heteroatoms. The van der Waals surface area contributed by atoms with Crippen molar-refractivity contribution in [1.29, 1.82) is 0 Å². The van der Waals surface area contributed by atoms with Gasteiger partial charge in [0.05, 0.1) is 6.54 Å². The zero-order valence-corrected chi connectivity index (χ0v) is 16.8. The van der Waals surface area contributed by atoms with Crippen LogP contribution in [0.4, 0.5) is 5.69 Å². The highest BCUT2D eigenvalue weighted by Gasteiger charge is 2.50. The third-order valence-corrected chi connectivity index (χ3v) is 7.04. The molecule has 2 unspecified atom stereocenters. The van der Waals surface area contributed by atoms with Crippen LogP contribution in [-0.4, -0.2) is 58.5 Å². The first-order chi connectivity index (χ1) is 13.5. The molecule has 1 aromatic carbocycles. The Morgan fingerprint density at radius 2 is 2.04 bits per heavy atom. The Balaban J connectivity index is 1.22. The maximum atomic E-state index is 11.6. The minimum absolute atomic E-state index is 0.293. The smallest absolute Gasteiger partial charge is 0.356 e. The maximum Gasteiger partial charge on any atom is 0.356 e. The second-order valence-corrected chi connectivity index (χ2v) is 8.66. The van der Waals surface area contributed by atoms with Gasteiger partial charge in [-0.1, -0.05) is 17.7 Å². The van der Waals surface area contributed by atoms with Crippen LogP contribution in [0, 0.1) is 12.8 Å². The quantitative estimate of drug-likeness (QED) is 0.835.